The fourth-order valence-corrected chi connectivity index (χ4v) is 2.80. The van der Waals surface area contributed by atoms with Crippen molar-refractivity contribution < 1.29 is 18.5 Å². The molecule has 0 spiro atoms. The maximum atomic E-state index is 12.3. The smallest absolute Gasteiger partial charge is 0.223 e. The SMILES string of the molecule is CC.CC(C)CC(=O)N1CCCC1C.Cc1ccon1.O=CNCc1ccc(F)cc1. The minimum Gasteiger partial charge on any atom is -0.365 e. The van der Waals surface area contributed by atoms with Crippen molar-refractivity contribution in [1.82, 2.24) is 15.4 Å². The Kier molecular flexibility index (Phi) is 15.5. The van der Waals surface area contributed by atoms with Gasteiger partial charge in [-0.25, -0.2) is 4.39 Å². The summed E-state index contributed by atoms with van der Waals surface area (Å²) in [6.45, 7) is 13.6. The topological polar surface area (TPSA) is 75.4 Å². The van der Waals surface area contributed by atoms with E-state index in [1.807, 2.05) is 25.7 Å². The molecule has 0 saturated carbocycles. The molecule has 1 aliphatic heterocycles. The lowest BCUT2D eigenvalue weighted by Gasteiger charge is -2.22. The third-order valence-corrected chi connectivity index (χ3v) is 4.33. The lowest BCUT2D eigenvalue weighted by molar-refractivity contribution is -0.132. The standard InChI is InChI=1S/C10H19NO.C8H8FNO.C4H5NO.C2H6/c1-8(2)7-10(12)11-6-4-5-9(11)3;9-8-3-1-7(2-4-8)5-10-6-11;1-4-2-3-6-5-4;1-2/h8-9H,4-7H2,1-3H3;1-4,6H,5H2,(H,10,11);2-3H,1H3;1-2H3. The van der Waals surface area contributed by atoms with Gasteiger partial charge in [0.05, 0.1) is 5.69 Å². The number of hydrogen-bond donors (Lipinski definition) is 1. The molecule has 1 saturated heterocycles. The lowest BCUT2D eigenvalue weighted by atomic mass is 10.1. The second kappa shape index (κ2) is 17.0. The van der Waals surface area contributed by atoms with Crippen LogP contribution in [0.25, 0.3) is 0 Å². The summed E-state index contributed by atoms with van der Waals surface area (Å²) < 4.78 is 16.8. The van der Waals surface area contributed by atoms with E-state index in [1.54, 1.807) is 24.5 Å². The Balaban J connectivity index is 0.000000437. The first kappa shape index (κ1) is 28.3. The molecular weight excluding hydrogens is 397 g/mol. The van der Waals surface area contributed by atoms with Crippen molar-refractivity contribution in [2.45, 2.75) is 73.4 Å². The monoisotopic (exact) mass is 435 g/mol. The second-order valence-electron chi connectivity index (χ2n) is 7.44. The Bertz CT molecular complexity index is 703. The quantitative estimate of drug-likeness (QED) is 0.661. The number of aromatic nitrogens is 1. The highest BCUT2D eigenvalue weighted by Crippen LogP contribution is 2.18. The number of nitrogens with one attached hydrogen (secondary N) is 1. The maximum Gasteiger partial charge on any atom is 0.223 e. The first-order valence-corrected chi connectivity index (χ1v) is 10.9. The first-order valence-electron chi connectivity index (χ1n) is 10.9. The zero-order valence-corrected chi connectivity index (χ0v) is 19.7. The van der Waals surface area contributed by atoms with Crippen LogP contribution >= 0.6 is 0 Å². The third-order valence-electron chi connectivity index (χ3n) is 4.33. The van der Waals surface area contributed by atoms with Crippen LogP contribution in [0.1, 0.15) is 65.1 Å². The van der Waals surface area contributed by atoms with Crippen LogP contribution in [0, 0.1) is 18.7 Å². The van der Waals surface area contributed by atoms with Crippen LogP contribution in [0.4, 0.5) is 4.39 Å². The van der Waals surface area contributed by atoms with E-state index in [0.29, 0.717) is 37.2 Å². The van der Waals surface area contributed by atoms with E-state index in [1.165, 1.54) is 25.0 Å². The van der Waals surface area contributed by atoms with Crippen LogP contribution < -0.4 is 5.32 Å². The highest BCUT2D eigenvalue weighted by atomic mass is 19.1. The summed E-state index contributed by atoms with van der Waals surface area (Å²) in [5.74, 6) is 0.570. The van der Waals surface area contributed by atoms with Crippen LogP contribution in [-0.2, 0) is 16.1 Å². The Morgan fingerprint density at radius 1 is 1.29 bits per heavy atom. The molecule has 2 heterocycles. The number of hydrogen-bond acceptors (Lipinski definition) is 4. The summed E-state index contributed by atoms with van der Waals surface area (Å²) >= 11 is 0. The predicted molar refractivity (Wildman–Crippen MR) is 122 cm³/mol. The molecule has 1 N–H and O–H groups in total. The number of halogens is 1. The minimum absolute atomic E-state index is 0.264. The molecule has 1 unspecified atom stereocenters. The van der Waals surface area contributed by atoms with Crippen molar-refractivity contribution in [3.05, 3.63) is 53.7 Å². The number of amides is 2. The molecule has 7 heteroatoms. The number of carbonyl (C=O) groups is 2. The summed E-state index contributed by atoms with van der Waals surface area (Å²) in [4.78, 5) is 23.5. The van der Waals surface area contributed by atoms with Crippen molar-refractivity contribution in [2.75, 3.05) is 6.54 Å². The van der Waals surface area contributed by atoms with Crippen molar-refractivity contribution in [3.8, 4) is 0 Å². The molecule has 1 fully saturated rings. The number of rotatable bonds is 5. The van der Waals surface area contributed by atoms with Crippen LogP contribution in [0.5, 0.6) is 0 Å². The zero-order chi connectivity index (χ0) is 23.6. The Labute approximate surface area is 186 Å². The largest absolute Gasteiger partial charge is 0.365 e. The molecule has 0 radical (unpaired) electrons. The van der Waals surface area contributed by atoms with E-state index >= 15 is 0 Å². The Hall–Kier alpha value is -2.70. The van der Waals surface area contributed by atoms with Crippen LogP contribution in [0.2, 0.25) is 0 Å². The van der Waals surface area contributed by atoms with Gasteiger partial charge >= 0.3 is 0 Å². The van der Waals surface area contributed by atoms with E-state index in [2.05, 4.69) is 35.8 Å². The van der Waals surface area contributed by atoms with Gasteiger partial charge in [-0.1, -0.05) is 45.0 Å². The molecule has 1 aromatic carbocycles. The average Bonchev–Trinajstić information content (AvgIpc) is 3.40. The highest BCUT2D eigenvalue weighted by Gasteiger charge is 2.24. The van der Waals surface area contributed by atoms with Gasteiger partial charge in [0, 0.05) is 31.6 Å². The van der Waals surface area contributed by atoms with Gasteiger partial charge in [-0.2, -0.15) is 0 Å². The van der Waals surface area contributed by atoms with E-state index < -0.39 is 0 Å². The summed E-state index contributed by atoms with van der Waals surface area (Å²) in [5.41, 5.74) is 1.81. The molecule has 6 nitrogen and oxygen atoms in total. The first-order chi connectivity index (χ1) is 14.8. The fourth-order valence-electron chi connectivity index (χ4n) is 2.80. The number of carbonyl (C=O) groups excluding carboxylic acids is 2. The molecule has 0 aliphatic carbocycles. The molecule has 1 aliphatic rings. The van der Waals surface area contributed by atoms with E-state index in [4.69, 9.17) is 0 Å². The summed E-state index contributed by atoms with van der Waals surface area (Å²) in [6, 6.07) is 8.28. The van der Waals surface area contributed by atoms with Gasteiger partial charge in [-0.3, -0.25) is 9.59 Å². The molecular formula is C24H38FN3O3. The Morgan fingerprint density at radius 2 is 1.94 bits per heavy atom. The molecule has 3 rings (SSSR count). The van der Waals surface area contributed by atoms with Gasteiger partial charge in [0.1, 0.15) is 12.1 Å². The third kappa shape index (κ3) is 13.3. The molecule has 1 atom stereocenters. The van der Waals surface area contributed by atoms with Crippen molar-refractivity contribution in [1.29, 1.82) is 0 Å². The minimum atomic E-state index is -0.264. The van der Waals surface area contributed by atoms with Gasteiger partial charge in [0.25, 0.3) is 0 Å². The second-order valence-corrected chi connectivity index (χ2v) is 7.44. The lowest BCUT2D eigenvalue weighted by Crippen LogP contribution is -2.34. The molecule has 1 aromatic heterocycles. The average molecular weight is 436 g/mol. The van der Waals surface area contributed by atoms with Gasteiger partial charge < -0.3 is 14.7 Å². The normalized spacial score (nSPS) is 14.3. The van der Waals surface area contributed by atoms with Crippen LogP contribution in [0.3, 0.4) is 0 Å². The number of benzene rings is 1. The van der Waals surface area contributed by atoms with Gasteiger partial charge in [-0.05, 0) is 50.3 Å². The number of nitrogens with zero attached hydrogens (tertiary/aromatic N) is 2. The van der Waals surface area contributed by atoms with Gasteiger partial charge in [0.2, 0.25) is 12.3 Å². The van der Waals surface area contributed by atoms with E-state index in [9.17, 15) is 14.0 Å². The van der Waals surface area contributed by atoms with Crippen molar-refractivity contribution in [2.24, 2.45) is 5.92 Å². The predicted octanol–water partition coefficient (Wildman–Crippen LogP) is 5.12. The maximum absolute atomic E-state index is 12.3. The molecule has 31 heavy (non-hydrogen) atoms. The molecule has 2 amide bonds. The summed E-state index contributed by atoms with van der Waals surface area (Å²) in [7, 11) is 0. The van der Waals surface area contributed by atoms with Crippen molar-refractivity contribution in [3.63, 3.8) is 0 Å². The van der Waals surface area contributed by atoms with E-state index in [0.717, 1.165) is 17.8 Å². The summed E-state index contributed by atoms with van der Waals surface area (Å²) in [6.07, 6.45) is 5.25. The molecule has 0 bridgehead atoms. The zero-order valence-electron chi connectivity index (χ0n) is 19.7. The van der Waals surface area contributed by atoms with Crippen molar-refractivity contribution >= 4 is 12.3 Å². The van der Waals surface area contributed by atoms with Gasteiger partial charge in [0.15, 0.2) is 0 Å². The van der Waals surface area contributed by atoms with Crippen LogP contribution in [-0.4, -0.2) is 35.0 Å². The fraction of sp³-hybridized carbons (Fsp3) is 0.542. The Morgan fingerprint density at radius 3 is 2.32 bits per heavy atom. The highest BCUT2D eigenvalue weighted by molar-refractivity contribution is 5.76. The number of aryl methyl sites for hydroxylation is 1. The van der Waals surface area contributed by atoms with Crippen LogP contribution in [0.15, 0.2) is 41.1 Å². The molecule has 2 aromatic rings. The number of likely N-dealkylation sites (tertiary alicyclic amines) is 1. The summed E-state index contributed by atoms with van der Waals surface area (Å²) in [5, 5.41) is 6.02. The van der Waals surface area contributed by atoms with E-state index in [-0.39, 0.29) is 5.82 Å². The molecule has 174 valence electrons. The van der Waals surface area contributed by atoms with Gasteiger partial charge in [-0.15, -0.1) is 0 Å².